The number of rotatable bonds is 4. The first-order valence-corrected chi connectivity index (χ1v) is 10.4. The molecule has 1 heterocycles. The van der Waals surface area contributed by atoms with Gasteiger partial charge >= 0.3 is 6.03 Å². The fourth-order valence-electron chi connectivity index (χ4n) is 2.97. The lowest BCUT2D eigenvalue weighted by atomic mass is 10.2. The van der Waals surface area contributed by atoms with E-state index in [1.54, 1.807) is 0 Å². The molecule has 0 saturated carbocycles. The van der Waals surface area contributed by atoms with Gasteiger partial charge in [0.25, 0.3) is 0 Å². The van der Waals surface area contributed by atoms with E-state index in [0.717, 1.165) is 6.42 Å². The Morgan fingerprint density at radius 3 is 2.65 bits per heavy atom. The van der Waals surface area contributed by atoms with Gasteiger partial charge in [-0.15, -0.1) is 0 Å². The summed E-state index contributed by atoms with van der Waals surface area (Å²) in [5.74, 6) is -0.590. The van der Waals surface area contributed by atoms with Crippen molar-refractivity contribution in [1.29, 1.82) is 0 Å². The van der Waals surface area contributed by atoms with Crippen molar-refractivity contribution < 1.29 is 23.1 Å². The maximum absolute atomic E-state index is 12.8. The topological polar surface area (TPSA) is 105 Å². The summed E-state index contributed by atoms with van der Waals surface area (Å²) >= 11 is 12.0. The first-order valence-electron chi connectivity index (χ1n) is 8.07. The highest BCUT2D eigenvalue weighted by molar-refractivity contribution is 7.92. The summed E-state index contributed by atoms with van der Waals surface area (Å²) in [5.41, 5.74) is -0.0533. The van der Waals surface area contributed by atoms with Crippen molar-refractivity contribution in [2.75, 3.05) is 18.5 Å². The van der Waals surface area contributed by atoms with Crippen LogP contribution in [0.4, 0.5) is 10.5 Å². The summed E-state index contributed by atoms with van der Waals surface area (Å²) in [4.78, 5) is 11.7. The SMILES string of the molecule is O=C(Nc1ccc(Cl)c(S(=O)(=O)C2CCOC2)c1O)NC1CCC=C1Cl. The second kappa shape index (κ2) is 7.64. The molecule has 0 spiro atoms. The monoisotopic (exact) mass is 420 g/mol. The lowest BCUT2D eigenvalue weighted by Crippen LogP contribution is -2.37. The zero-order valence-corrected chi connectivity index (χ0v) is 16.0. The van der Waals surface area contributed by atoms with Crippen LogP contribution in [-0.2, 0) is 14.6 Å². The van der Waals surface area contributed by atoms with Gasteiger partial charge in [-0.25, -0.2) is 13.2 Å². The Bertz CT molecular complexity index is 850. The van der Waals surface area contributed by atoms with Gasteiger partial charge in [0.05, 0.1) is 28.6 Å². The van der Waals surface area contributed by atoms with Gasteiger partial charge < -0.3 is 20.5 Å². The molecule has 0 aromatic heterocycles. The molecule has 10 heteroatoms. The molecule has 0 bridgehead atoms. The zero-order valence-electron chi connectivity index (χ0n) is 13.7. The lowest BCUT2D eigenvalue weighted by molar-refractivity contribution is 0.198. The molecule has 0 radical (unpaired) electrons. The van der Waals surface area contributed by atoms with E-state index in [2.05, 4.69) is 10.6 Å². The number of carbonyl (C=O) groups excluding carboxylic acids is 1. The number of carbonyl (C=O) groups is 1. The van der Waals surface area contributed by atoms with Crippen LogP contribution in [0.1, 0.15) is 19.3 Å². The molecule has 2 aliphatic rings. The molecule has 1 aromatic rings. The van der Waals surface area contributed by atoms with Crippen LogP contribution < -0.4 is 10.6 Å². The minimum absolute atomic E-state index is 0.0444. The third kappa shape index (κ3) is 3.78. The van der Waals surface area contributed by atoms with Gasteiger partial charge in [-0.1, -0.05) is 29.3 Å². The highest BCUT2D eigenvalue weighted by Gasteiger charge is 2.35. The molecule has 1 aromatic carbocycles. The van der Waals surface area contributed by atoms with Crippen LogP contribution >= 0.6 is 23.2 Å². The van der Waals surface area contributed by atoms with Crippen LogP contribution in [-0.4, -0.2) is 44.1 Å². The van der Waals surface area contributed by atoms with Crippen LogP contribution in [0.25, 0.3) is 0 Å². The van der Waals surface area contributed by atoms with E-state index in [4.69, 9.17) is 27.9 Å². The van der Waals surface area contributed by atoms with Crippen molar-refractivity contribution in [3.05, 3.63) is 28.3 Å². The number of hydrogen-bond donors (Lipinski definition) is 3. The number of ether oxygens (including phenoxy) is 1. The fraction of sp³-hybridized carbons (Fsp3) is 0.438. The third-order valence-electron chi connectivity index (χ3n) is 4.38. The summed E-state index contributed by atoms with van der Waals surface area (Å²) in [6.07, 6.45) is 3.59. The Kier molecular flexibility index (Phi) is 5.67. The number of halogens is 2. The molecule has 142 valence electrons. The number of amides is 2. The maximum Gasteiger partial charge on any atom is 0.319 e. The van der Waals surface area contributed by atoms with E-state index in [9.17, 15) is 18.3 Å². The molecule has 1 fully saturated rings. The summed E-state index contributed by atoms with van der Waals surface area (Å²) < 4.78 is 30.6. The average Bonchev–Trinajstić information content (AvgIpc) is 3.23. The Labute approximate surface area is 161 Å². The fourth-order valence-corrected chi connectivity index (χ4v) is 5.45. The molecule has 3 N–H and O–H groups in total. The summed E-state index contributed by atoms with van der Waals surface area (Å²) in [5, 5.41) is 15.2. The van der Waals surface area contributed by atoms with Gasteiger partial charge in [-0.2, -0.15) is 0 Å². The van der Waals surface area contributed by atoms with E-state index >= 15 is 0 Å². The molecule has 2 amide bonds. The number of phenolic OH excluding ortho intramolecular Hbond substituents is 1. The quantitative estimate of drug-likeness (QED) is 0.649. The molecule has 7 nitrogen and oxygen atoms in total. The van der Waals surface area contributed by atoms with Crippen molar-refractivity contribution >= 4 is 44.8 Å². The van der Waals surface area contributed by atoms with Crippen LogP contribution in [0.2, 0.25) is 5.02 Å². The second-order valence-electron chi connectivity index (χ2n) is 6.12. The molecule has 2 atom stereocenters. The van der Waals surface area contributed by atoms with Crippen molar-refractivity contribution in [2.24, 2.45) is 0 Å². The number of sulfone groups is 1. The Morgan fingerprint density at radius 1 is 1.27 bits per heavy atom. The number of hydrogen-bond acceptors (Lipinski definition) is 5. The smallest absolute Gasteiger partial charge is 0.319 e. The van der Waals surface area contributed by atoms with E-state index in [0.29, 0.717) is 24.5 Å². The first-order chi connectivity index (χ1) is 12.3. The van der Waals surface area contributed by atoms with Crippen LogP contribution in [0.15, 0.2) is 28.1 Å². The third-order valence-corrected chi connectivity index (χ3v) is 7.45. The standard InChI is InChI=1S/C16H18Cl2N2O5S/c17-10-2-1-3-12(10)19-16(22)20-13-5-4-11(18)15(14(13)21)26(23,24)9-6-7-25-8-9/h2,4-5,9,12,21H,1,3,6-8H2,(H2,19,20,22). The summed E-state index contributed by atoms with van der Waals surface area (Å²) in [7, 11) is -3.90. The minimum Gasteiger partial charge on any atom is -0.504 e. The number of allylic oxidation sites excluding steroid dienone is 1. The first kappa shape index (κ1) is 19.3. The predicted octanol–water partition coefficient (Wildman–Crippen LogP) is 3.01. The largest absolute Gasteiger partial charge is 0.504 e. The number of anilines is 1. The molecular weight excluding hydrogens is 403 g/mol. The van der Waals surface area contributed by atoms with E-state index in [1.165, 1.54) is 12.1 Å². The highest BCUT2D eigenvalue weighted by Crippen LogP contribution is 2.39. The van der Waals surface area contributed by atoms with Crippen LogP contribution in [0, 0.1) is 0 Å². The van der Waals surface area contributed by atoms with Gasteiger partial charge in [0.15, 0.2) is 15.6 Å². The zero-order chi connectivity index (χ0) is 18.9. The molecule has 1 aliphatic heterocycles. The number of phenols is 1. The molecule has 1 aliphatic carbocycles. The van der Waals surface area contributed by atoms with E-state index in [-0.39, 0.29) is 23.4 Å². The normalized spacial score (nSPS) is 22.9. The van der Waals surface area contributed by atoms with E-state index in [1.807, 2.05) is 6.08 Å². The molecule has 3 rings (SSSR count). The summed E-state index contributed by atoms with van der Waals surface area (Å²) in [6, 6.07) is 1.76. The second-order valence-corrected chi connectivity index (χ2v) is 9.13. The number of benzene rings is 1. The minimum atomic E-state index is -3.90. The van der Waals surface area contributed by atoms with Gasteiger partial charge in [-0.3, -0.25) is 0 Å². The van der Waals surface area contributed by atoms with Crippen molar-refractivity contribution in [3.8, 4) is 5.75 Å². The predicted molar refractivity (Wildman–Crippen MR) is 98.6 cm³/mol. The number of urea groups is 1. The Morgan fingerprint density at radius 2 is 2.04 bits per heavy atom. The molecule has 1 saturated heterocycles. The molecule has 26 heavy (non-hydrogen) atoms. The Balaban J connectivity index is 1.83. The van der Waals surface area contributed by atoms with Crippen molar-refractivity contribution in [2.45, 2.75) is 35.4 Å². The van der Waals surface area contributed by atoms with E-state index < -0.39 is 31.8 Å². The molecular formula is C16H18Cl2N2O5S. The van der Waals surface area contributed by atoms with Crippen molar-refractivity contribution in [1.82, 2.24) is 5.32 Å². The number of nitrogens with one attached hydrogen (secondary N) is 2. The molecule has 2 unspecified atom stereocenters. The average molecular weight is 421 g/mol. The number of aromatic hydroxyl groups is 1. The van der Waals surface area contributed by atoms with Gasteiger partial charge in [-0.05, 0) is 31.4 Å². The lowest BCUT2D eigenvalue weighted by Gasteiger charge is -2.17. The maximum atomic E-state index is 12.8. The van der Waals surface area contributed by atoms with Crippen molar-refractivity contribution in [3.63, 3.8) is 0 Å². The summed E-state index contributed by atoms with van der Waals surface area (Å²) in [6.45, 7) is 0.376. The van der Waals surface area contributed by atoms with Crippen LogP contribution in [0.5, 0.6) is 5.75 Å². The van der Waals surface area contributed by atoms with Gasteiger partial charge in [0, 0.05) is 11.6 Å². The highest BCUT2D eigenvalue weighted by atomic mass is 35.5. The Hall–Kier alpha value is -1.48. The van der Waals surface area contributed by atoms with Gasteiger partial charge in [0.2, 0.25) is 0 Å². The van der Waals surface area contributed by atoms with Crippen LogP contribution in [0.3, 0.4) is 0 Å². The van der Waals surface area contributed by atoms with Gasteiger partial charge in [0.1, 0.15) is 4.90 Å².